The topological polar surface area (TPSA) is 71.0 Å². The number of benzene rings is 1. The van der Waals surface area contributed by atoms with E-state index in [9.17, 15) is 4.79 Å². The summed E-state index contributed by atoms with van der Waals surface area (Å²) in [6, 6.07) is 13.0. The van der Waals surface area contributed by atoms with Gasteiger partial charge in [-0.25, -0.2) is 9.97 Å². The molecule has 0 saturated carbocycles. The number of pyridine rings is 1. The Hall–Kier alpha value is -2.99. The summed E-state index contributed by atoms with van der Waals surface area (Å²) < 4.78 is 0. The van der Waals surface area contributed by atoms with E-state index in [1.807, 2.05) is 32.0 Å². The number of aryl methyl sites for hydroxylation is 2. The predicted molar refractivity (Wildman–Crippen MR) is 115 cm³/mol. The molecule has 7 heteroatoms. The second kappa shape index (κ2) is 8.17. The van der Waals surface area contributed by atoms with E-state index in [1.54, 1.807) is 30.5 Å². The highest BCUT2D eigenvalue weighted by molar-refractivity contribution is 6.30. The number of amides is 1. The summed E-state index contributed by atoms with van der Waals surface area (Å²) in [4.78, 5) is 28.4. The van der Waals surface area contributed by atoms with Crippen LogP contribution in [0.15, 0.2) is 48.7 Å². The molecular formula is C22H22ClN5O. The van der Waals surface area contributed by atoms with Crippen molar-refractivity contribution in [3.63, 3.8) is 0 Å². The Balaban J connectivity index is 1.55. The Bertz CT molecular complexity index is 1040. The second-order valence-electron chi connectivity index (χ2n) is 7.14. The molecule has 2 aromatic heterocycles. The van der Waals surface area contributed by atoms with Crippen LogP contribution in [0.2, 0.25) is 5.02 Å². The highest BCUT2D eigenvalue weighted by atomic mass is 35.5. The standard InChI is InChI=1S/C22H22ClN5O/c1-14(22(29)26-17-7-5-16(23)6-8-17)18-9-10-20-19(27-18)4-3-13-28(20)21-11-12-24-15(2)25-21/h5-12,14H,3-4,13H2,1-2H3,(H,26,29). The molecule has 1 aliphatic rings. The maximum atomic E-state index is 12.7. The molecule has 1 unspecified atom stereocenters. The Kier molecular flexibility index (Phi) is 5.45. The minimum Gasteiger partial charge on any atom is -0.326 e. The molecule has 1 aliphatic heterocycles. The van der Waals surface area contributed by atoms with Crippen LogP contribution in [0.5, 0.6) is 0 Å². The SMILES string of the molecule is Cc1nccc(N2CCCc3nc(C(C)C(=O)Nc4ccc(Cl)cc4)ccc32)n1. The van der Waals surface area contributed by atoms with E-state index in [2.05, 4.69) is 20.2 Å². The third-order valence-corrected chi connectivity index (χ3v) is 5.30. The number of nitrogens with zero attached hydrogens (tertiary/aromatic N) is 4. The van der Waals surface area contributed by atoms with E-state index in [4.69, 9.17) is 16.6 Å². The molecule has 0 saturated heterocycles. The molecule has 0 radical (unpaired) electrons. The fourth-order valence-corrected chi connectivity index (χ4v) is 3.58. The van der Waals surface area contributed by atoms with Gasteiger partial charge in [0.05, 0.1) is 23.0 Å². The summed E-state index contributed by atoms with van der Waals surface area (Å²) in [5, 5.41) is 3.56. The number of hydrogen-bond donors (Lipinski definition) is 1. The maximum Gasteiger partial charge on any atom is 0.233 e. The Morgan fingerprint density at radius 3 is 2.69 bits per heavy atom. The summed E-state index contributed by atoms with van der Waals surface area (Å²) in [7, 11) is 0. The van der Waals surface area contributed by atoms with Gasteiger partial charge in [0.15, 0.2) is 0 Å². The minimum atomic E-state index is -0.368. The Morgan fingerprint density at radius 2 is 1.93 bits per heavy atom. The number of halogens is 1. The van der Waals surface area contributed by atoms with Gasteiger partial charge in [0.25, 0.3) is 0 Å². The van der Waals surface area contributed by atoms with Crippen LogP contribution in [0.1, 0.15) is 36.5 Å². The molecule has 0 bridgehead atoms. The van der Waals surface area contributed by atoms with Crippen LogP contribution in [0, 0.1) is 6.92 Å². The zero-order valence-electron chi connectivity index (χ0n) is 16.4. The van der Waals surface area contributed by atoms with E-state index in [0.717, 1.165) is 53.8 Å². The van der Waals surface area contributed by atoms with Crippen LogP contribution >= 0.6 is 11.6 Å². The van der Waals surface area contributed by atoms with Crippen molar-refractivity contribution >= 4 is 34.7 Å². The van der Waals surface area contributed by atoms with Gasteiger partial charge in [-0.15, -0.1) is 0 Å². The van der Waals surface area contributed by atoms with Gasteiger partial charge in [-0.2, -0.15) is 0 Å². The molecule has 3 aromatic rings. The lowest BCUT2D eigenvalue weighted by molar-refractivity contribution is -0.117. The zero-order chi connectivity index (χ0) is 20.4. The summed E-state index contributed by atoms with van der Waals surface area (Å²) in [5.41, 5.74) is 3.52. The molecule has 0 fully saturated rings. The third-order valence-electron chi connectivity index (χ3n) is 5.04. The first-order valence-corrected chi connectivity index (χ1v) is 10.0. The van der Waals surface area contributed by atoms with Crippen molar-refractivity contribution in [1.82, 2.24) is 15.0 Å². The van der Waals surface area contributed by atoms with Gasteiger partial charge in [0.1, 0.15) is 11.6 Å². The fraction of sp³-hybridized carbons (Fsp3) is 0.273. The quantitative estimate of drug-likeness (QED) is 0.681. The number of hydrogen-bond acceptors (Lipinski definition) is 5. The van der Waals surface area contributed by atoms with Crippen LogP contribution in [-0.4, -0.2) is 27.4 Å². The molecule has 1 atom stereocenters. The lowest BCUT2D eigenvalue weighted by Gasteiger charge is -2.30. The minimum absolute atomic E-state index is 0.0983. The first-order valence-electron chi connectivity index (χ1n) is 9.65. The number of carbonyl (C=O) groups excluding carboxylic acids is 1. The monoisotopic (exact) mass is 407 g/mol. The number of aromatic nitrogens is 3. The van der Waals surface area contributed by atoms with E-state index in [1.165, 1.54) is 0 Å². The van der Waals surface area contributed by atoms with E-state index in [-0.39, 0.29) is 11.8 Å². The Morgan fingerprint density at radius 1 is 1.14 bits per heavy atom. The van der Waals surface area contributed by atoms with Crippen LogP contribution in [0.4, 0.5) is 17.2 Å². The van der Waals surface area contributed by atoms with Crippen molar-refractivity contribution in [2.75, 3.05) is 16.8 Å². The Labute approximate surface area is 175 Å². The smallest absolute Gasteiger partial charge is 0.233 e. The third kappa shape index (κ3) is 4.22. The molecule has 148 valence electrons. The van der Waals surface area contributed by atoms with Gasteiger partial charge >= 0.3 is 0 Å². The molecule has 0 spiro atoms. The average Bonchev–Trinajstić information content (AvgIpc) is 2.74. The average molecular weight is 408 g/mol. The maximum absolute atomic E-state index is 12.7. The van der Waals surface area contributed by atoms with Gasteiger partial charge in [0, 0.05) is 23.5 Å². The summed E-state index contributed by atoms with van der Waals surface area (Å²) in [5.74, 6) is 1.15. The highest BCUT2D eigenvalue weighted by Gasteiger charge is 2.24. The van der Waals surface area contributed by atoms with Crippen molar-refractivity contribution < 1.29 is 4.79 Å². The lowest BCUT2D eigenvalue weighted by Crippen LogP contribution is -2.27. The van der Waals surface area contributed by atoms with Crippen LogP contribution < -0.4 is 10.2 Å². The van der Waals surface area contributed by atoms with Gasteiger partial charge in [0.2, 0.25) is 5.91 Å². The fourth-order valence-electron chi connectivity index (χ4n) is 3.46. The van der Waals surface area contributed by atoms with Crippen molar-refractivity contribution in [3.8, 4) is 0 Å². The highest BCUT2D eigenvalue weighted by Crippen LogP contribution is 2.32. The van der Waals surface area contributed by atoms with Gasteiger partial charge in [-0.05, 0) is 69.2 Å². The molecule has 4 rings (SSSR count). The van der Waals surface area contributed by atoms with Crippen molar-refractivity contribution in [2.45, 2.75) is 32.6 Å². The number of anilines is 3. The molecule has 1 aromatic carbocycles. The first-order chi connectivity index (χ1) is 14.0. The predicted octanol–water partition coefficient (Wildman–Crippen LogP) is 4.66. The number of fused-ring (bicyclic) bond motifs is 1. The summed E-state index contributed by atoms with van der Waals surface area (Å²) in [6.07, 6.45) is 3.64. The molecule has 29 heavy (non-hydrogen) atoms. The normalized spacial score (nSPS) is 14.2. The van der Waals surface area contributed by atoms with E-state index in [0.29, 0.717) is 5.02 Å². The molecule has 6 nitrogen and oxygen atoms in total. The van der Waals surface area contributed by atoms with Crippen molar-refractivity contribution in [2.24, 2.45) is 0 Å². The van der Waals surface area contributed by atoms with Crippen molar-refractivity contribution in [1.29, 1.82) is 0 Å². The van der Waals surface area contributed by atoms with Crippen LogP contribution in [-0.2, 0) is 11.2 Å². The second-order valence-corrected chi connectivity index (χ2v) is 7.57. The summed E-state index contributed by atoms with van der Waals surface area (Å²) >= 11 is 5.90. The van der Waals surface area contributed by atoms with Gasteiger partial charge in [-0.3, -0.25) is 9.78 Å². The number of carbonyl (C=O) groups is 1. The van der Waals surface area contributed by atoms with E-state index >= 15 is 0 Å². The van der Waals surface area contributed by atoms with Gasteiger partial charge < -0.3 is 10.2 Å². The van der Waals surface area contributed by atoms with Crippen molar-refractivity contribution in [3.05, 3.63) is 70.9 Å². The molecule has 3 heterocycles. The largest absolute Gasteiger partial charge is 0.326 e. The number of rotatable bonds is 4. The zero-order valence-corrected chi connectivity index (χ0v) is 17.1. The molecular weight excluding hydrogens is 386 g/mol. The molecule has 0 aliphatic carbocycles. The first kappa shape index (κ1) is 19.3. The molecule has 1 N–H and O–H groups in total. The van der Waals surface area contributed by atoms with Gasteiger partial charge in [-0.1, -0.05) is 11.6 Å². The number of nitrogens with one attached hydrogen (secondary N) is 1. The van der Waals surface area contributed by atoms with Crippen LogP contribution in [0.3, 0.4) is 0 Å². The van der Waals surface area contributed by atoms with E-state index < -0.39 is 0 Å². The van der Waals surface area contributed by atoms with Crippen LogP contribution in [0.25, 0.3) is 0 Å². The lowest BCUT2D eigenvalue weighted by atomic mass is 10.0. The molecule has 1 amide bonds. The summed E-state index contributed by atoms with van der Waals surface area (Å²) in [6.45, 7) is 4.64.